The molecule has 70 valence electrons. The molecule has 0 aliphatic carbocycles. The van der Waals surface area contributed by atoms with E-state index in [1.165, 1.54) is 6.08 Å². The van der Waals surface area contributed by atoms with Crippen LogP contribution in [0.25, 0.3) is 0 Å². The quantitative estimate of drug-likeness (QED) is 0.729. The first-order chi connectivity index (χ1) is 6.16. The molecule has 0 bridgehead atoms. The minimum atomic E-state index is -0.714. The van der Waals surface area contributed by atoms with Crippen LogP contribution in [0.2, 0.25) is 0 Å². The maximum Gasteiger partial charge on any atom is 0.149 e. The molecule has 0 aromatic carbocycles. The zero-order chi connectivity index (χ0) is 9.84. The Labute approximate surface area is 75.1 Å². The third kappa shape index (κ3) is 2.09. The van der Waals surface area contributed by atoms with Gasteiger partial charge in [-0.2, -0.15) is 0 Å². The van der Waals surface area contributed by atoms with E-state index in [0.29, 0.717) is 6.42 Å². The SMILES string of the molecule is C=CC[C@H](N)c1c(F)cncc1F. The van der Waals surface area contributed by atoms with Crippen LogP contribution in [0.5, 0.6) is 0 Å². The summed E-state index contributed by atoms with van der Waals surface area (Å²) in [5, 5.41) is 0. The van der Waals surface area contributed by atoms with Gasteiger partial charge in [-0.1, -0.05) is 6.08 Å². The van der Waals surface area contributed by atoms with E-state index in [0.717, 1.165) is 12.4 Å². The van der Waals surface area contributed by atoms with E-state index in [4.69, 9.17) is 5.73 Å². The molecule has 13 heavy (non-hydrogen) atoms. The molecule has 1 rings (SSSR count). The molecule has 0 aliphatic rings. The Bertz CT molecular complexity index is 292. The molecule has 0 spiro atoms. The van der Waals surface area contributed by atoms with Crippen LogP contribution in [-0.2, 0) is 0 Å². The van der Waals surface area contributed by atoms with Crippen LogP contribution >= 0.6 is 0 Å². The van der Waals surface area contributed by atoms with Crippen LogP contribution in [0.15, 0.2) is 25.0 Å². The monoisotopic (exact) mass is 184 g/mol. The van der Waals surface area contributed by atoms with Crippen molar-refractivity contribution in [1.29, 1.82) is 0 Å². The molecule has 1 aromatic rings. The van der Waals surface area contributed by atoms with E-state index < -0.39 is 17.7 Å². The predicted molar refractivity (Wildman–Crippen MR) is 45.9 cm³/mol. The Kier molecular flexibility index (Phi) is 3.08. The molecule has 2 N–H and O–H groups in total. The second kappa shape index (κ2) is 4.09. The van der Waals surface area contributed by atoms with E-state index >= 15 is 0 Å². The molecule has 0 saturated carbocycles. The minimum absolute atomic E-state index is 0.130. The summed E-state index contributed by atoms with van der Waals surface area (Å²) >= 11 is 0. The number of nitrogens with zero attached hydrogens (tertiary/aromatic N) is 1. The molecule has 2 nitrogen and oxygen atoms in total. The first kappa shape index (κ1) is 9.80. The lowest BCUT2D eigenvalue weighted by atomic mass is 10.1. The van der Waals surface area contributed by atoms with Crippen molar-refractivity contribution in [2.75, 3.05) is 0 Å². The van der Waals surface area contributed by atoms with Crippen LogP contribution < -0.4 is 5.73 Å². The zero-order valence-electron chi connectivity index (χ0n) is 7.00. The van der Waals surface area contributed by atoms with Crippen LogP contribution in [-0.4, -0.2) is 4.98 Å². The standard InChI is InChI=1S/C9H10F2N2/c1-2-3-8(12)9-6(10)4-13-5-7(9)11/h2,4-5,8H,1,3,12H2/t8-/m0/s1. The number of aromatic nitrogens is 1. The molecule has 1 aromatic heterocycles. The summed E-state index contributed by atoms with van der Waals surface area (Å²) in [6.45, 7) is 3.44. The van der Waals surface area contributed by atoms with Gasteiger partial charge in [0.05, 0.1) is 12.4 Å². The summed E-state index contributed by atoms with van der Waals surface area (Å²) in [6.07, 6.45) is 3.74. The van der Waals surface area contributed by atoms with Gasteiger partial charge in [0, 0.05) is 11.6 Å². The van der Waals surface area contributed by atoms with Gasteiger partial charge in [-0.15, -0.1) is 6.58 Å². The fourth-order valence-electron chi connectivity index (χ4n) is 1.07. The second-order valence-electron chi connectivity index (χ2n) is 2.65. The first-order valence-electron chi connectivity index (χ1n) is 3.82. The van der Waals surface area contributed by atoms with Crippen molar-refractivity contribution in [2.24, 2.45) is 5.73 Å². The summed E-state index contributed by atoms with van der Waals surface area (Å²) in [5.74, 6) is -1.43. The van der Waals surface area contributed by atoms with Gasteiger partial charge in [0.2, 0.25) is 0 Å². The molecule has 1 heterocycles. The topological polar surface area (TPSA) is 38.9 Å². The van der Waals surface area contributed by atoms with E-state index in [1.54, 1.807) is 0 Å². The first-order valence-corrected chi connectivity index (χ1v) is 3.82. The highest BCUT2D eigenvalue weighted by Gasteiger charge is 2.15. The molecule has 4 heteroatoms. The Morgan fingerprint density at radius 1 is 1.46 bits per heavy atom. The van der Waals surface area contributed by atoms with Gasteiger partial charge in [-0.3, -0.25) is 4.98 Å². The molecule has 1 atom stereocenters. The Hall–Kier alpha value is -1.29. The molecule has 0 radical (unpaired) electrons. The number of pyridine rings is 1. The van der Waals surface area contributed by atoms with E-state index in [1.807, 2.05) is 0 Å². The number of rotatable bonds is 3. The number of hydrogen-bond acceptors (Lipinski definition) is 2. The molecule has 0 unspecified atom stereocenters. The van der Waals surface area contributed by atoms with Gasteiger partial charge in [0.25, 0.3) is 0 Å². The Morgan fingerprint density at radius 3 is 2.46 bits per heavy atom. The van der Waals surface area contributed by atoms with Crippen LogP contribution in [0.4, 0.5) is 8.78 Å². The van der Waals surface area contributed by atoms with Crippen molar-refractivity contribution < 1.29 is 8.78 Å². The maximum absolute atomic E-state index is 13.0. The van der Waals surface area contributed by atoms with Crippen molar-refractivity contribution in [1.82, 2.24) is 4.98 Å². The van der Waals surface area contributed by atoms with Crippen LogP contribution in [0, 0.1) is 11.6 Å². The summed E-state index contributed by atoms with van der Waals surface area (Å²) in [4.78, 5) is 3.36. The van der Waals surface area contributed by atoms with E-state index in [-0.39, 0.29) is 5.56 Å². The predicted octanol–water partition coefficient (Wildman–Crippen LogP) is 1.94. The zero-order valence-corrected chi connectivity index (χ0v) is 7.00. The summed E-state index contributed by atoms with van der Waals surface area (Å²) < 4.78 is 26.0. The van der Waals surface area contributed by atoms with Gasteiger partial charge in [0.15, 0.2) is 0 Å². The van der Waals surface area contributed by atoms with Gasteiger partial charge >= 0.3 is 0 Å². The minimum Gasteiger partial charge on any atom is -0.324 e. The average molecular weight is 184 g/mol. The highest BCUT2D eigenvalue weighted by Crippen LogP contribution is 2.20. The van der Waals surface area contributed by atoms with Gasteiger partial charge < -0.3 is 5.73 Å². The van der Waals surface area contributed by atoms with E-state index in [2.05, 4.69) is 11.6 Å². The smallest absolute Gasteiger partial charge is 0.149 e. The maximum atomic E-state index is 13.0. The average Bonchev–Trinajstić information content (AvgIpc) is 2.04. The largest absolute Gasteiger partial charge is 0.324 e. The molecule has 0 saturated heterocycles. The molecule has 0 fully saturated rings. The lowest BCUT2D eigenvalue weighted by molar-refractivity contribution is 0.519. The molecule has 0 amide bonds. The Balaban J connectivity index is 3.04. The second-order valence-corrected chi connectivity index (χ2v) is 2.65. The van der Waals surface area contributed by atoms with Crippen molar-refractivity contribution in [3.63, 3.8) is 0 Å². The van der Waals surface area contributed by atoms with Crippen LogP contribution in [0.3, 0.4) is 0 Å². The van der Waals surface area contributed by atoms with E-state index in [9.17, 15) is 8.78 Å². The highest BCUT2D eigenvalue weighted by molar-refractivity contribution is 5.19. The van der Waals surface area contributed by atoms with Crippen molar-refractivity contribution in [3.05, 3.63) is 42.2 Å². The summed E-state index contributed by atoms with van der Waals surface area (Å²) in [7, 11) is 0. The van der Waals surface area contributed by atoms with Crippen molar-refractivity contribution >= 4 is 0 Å². The fourth-order valence-corrected chi connectivity index (χ4v) is 1.07. The number of nitrogens with two attached hydrogens (primary N) is 1. The van der Waals surface area contributed by atoms with Gasteiger partial charge in [-0.05, 0) is 6.42 Å². The lowest BCUT2D eigenvalue weighted by Gasteiger charge is -2.10. The molecule has 0 aliphatic heterocycles. The van der Waals surface area contributed by atoms with Gasteiger partial charge in [-0.25, -0.2) is 8.78 Å². The highest BCUT2D eigenvalue weighted by atomic mass is 19.1. The van der Waals surface area contributed by atoms with Crippen molar-refractivity contribution in [2.45, 2.75) is 12.5 Å². The summed E-state index contributed by atoms with van der Waals surface area (Å²) in [6, 6.07) is -0.694. The van der Waals surface area contributed by atoms with Crippen LogP contribution in [0.1, 0.15) is 18.0 Å². The third-order valence-corrected chi connectivity index (χ3v) is 1.68. The molecular weight excluding hydrogens is 174 g/mol. The molecular formula is C9H10F2N2. The van der Waals surface area contributed by atoms with Gasteiger partial charge in [0.1, 0.15) is 11.6 Å². The number of hydrogen-bond donors (Lipinski definition) is 1. The summed E-state index contributed by atoms with van der Waals surface area (Å²) in [5.41, 5.74) is 5.40. The lowest BCUT2D eigenvalue weighted by Crippen LogP contribution is -2.13. The Morgan fingerprint density at radius 2 is 2.00 bits per heavy atom. The fraction of sp³-hybridized carbons (Fsp3) is 0.222. The normalized spacial score (nSPS) is 12.5. The van der Waals surface area contributed by atoms with Crippen molar-refractivity contribution in [3.8, 4) is 0 Å². The number of halogens is 2. The third-order valence-electron chi connectivity index (χ3n) is 1.68.